The van der Waals surface area contributed by atoms with Crippen LogP contribution in [0.1, 0.15) is 43.0 Å². The molecule has 1 N–H and O–H groups in total. The van der Waals surface area contributed by atoms with E-state index in [1.165, 1.54) is 12.1 Å². The molecule has 5 nitrogen and oxygen atoms in total. The van der Waals surface area contributed by atoms with Crippen molar-refractivity contribution in [1.29, 1.82) is 0 Å². The molecule has 0 amide bonds. The van der Waals surface area contributed by atoms with Gasteiger partial charge < -0.3 is 14.6 Å². The van der Waals surface area contributed by atoms with Crippen molar-refractivity contribution in [3.05, 3.63) is 42.0 Å². The van der Waals surface area contributed by atoms with Crippen LogP contribution >= 0.6 is 12.4 Å². The maximum Gasteiger partial charge on any atom is 0.335 e. The Labute approximate surface area is 142 Å². The van der Waals surface area contributed by atoms with Crippen LogP contribution in [0.25, 0.3) is 0 Å². The van der Waals surface area contributed by atoms with Gasteiger partial charge in [-0.2, -0.15) is 0 Å². The van der Waals surface area contributed by atoms with Crippen molar-refractivity contribution in [2.75, 3.05) is 13.2 Å². The number of carbonyl (C=O) groups excluding carboxylic acids is 1. The summed E-state index contributed by atoms with van der Waals surface area (Å²) in [5.74, 6) is -0.618. The van der Waals surface area contributed by atoms with E-state index >= 15 is 0 Å². The molecule has 0 fully saturated rings. The fourth-order valence-corrected chi connectivity index (χ4v) is 1.73. The lowest BCUT2D eigenvalue weighted by atomic mass is 10.2. The predicted octanol–water partition coefficient (Wildman–Crippen LogP) is 3.87. The highest BCUT2D eigenvalue weighted by atomic mass is 35.5. The molecule has 0 spiro atoms. The Bertz CT molecular complexity index is 510. The monoisotopic (exact) mass is 342 g/mol. The summed E-state index contributed by atoms with van der Waals surface area (Å²) in [6.07, 6.45) is 3.67. The lowest BCUT2D eigenvalue weighted by Gasteiger charge is -2.07. The van der Waals surface area contributed by atoms with E-state index in [4.69, 9.17) is 14.6 Å². The lowest BCUT2D eigenvalue weighted by molar-refractivity contribution is -0.139. The van der Waals surface area contributed by atoms with Gasteiger partial charge >= 0.3 is 11.9 Å². The van der Waals surface area contributed by atoms with Gasteiger partial charge in [0.25, 0.3) is 0 Å². The number of hydrogen-bond donors (Lipinski definition) is 1. The highest BCUT2D eigenvalue weighted by Crippen LogP contribution is 2.13. The molecule has 0 saturated carbocycles. The summed E-state index contributed by atoms with van der Waals surface area (Å²) in [5, 5.41) is 8.78. The van der Waals surface area contributed by atoms with Crippen LogP contribution in [0.15, 0.2) is 36.4 Å². The van der Waals surface area contributed by atoms with E-state index in [9.17, 15) is 9.59 Å². The van der Waals surface area contributed by atoms with Crippen molar-refractivity contribution in [2.45, 2.75) is 32.6 Å². The molecule has 128 valence electrons. The number of esters is 1. The molecule has 1 aromatic carbocycles. The summed E-state index contributed by atoms with van der Waals surface area (Å²) in [7, 11) is 0. The van der Waals surface area contributed by atoms with E-state index in [1.54, 1.807) is 19.1 Å². The second-order valence-corrected chi connectivity index (χ2v) is 5.01. The van der Waals surface area contributed by atoms with Crippen molar-refractivity contribution < 1.29 is 24.2 Å². The molecule has 0 aliphatic heterocycles. The van der Waals surface area contributed by atoms with E-state index in [0.29, 0.717) is 24.5 Å². The Balaban J connectivity index is 0.00000484. The number of ether oxygens (including phenoxy) is 2. The van der Waals surface area contributed by atoms with Crippen LogP contribution in [0, 0.1) is 0 Å². The zero-order valence-electron chi connectivity index (χ0n) is 13.2. The van der Waals surface area contributed by atoms with Crippen molar-refractivity contribution in [1.82, 2.24) is 0 Å². The third-order valence-electron chi connectivity index (χ3n) is 2.99. The van der Waals surface area contributed by atoms with Crippen LogP contribution in [-0.4, -0.2) is 30.3 Å². The first kappa shape index (κ1) is 21.0. The second-order valence-electron chi connectivity index (χ2n) is 5.01. The van der Waals surface area contributed by atoms with E-state index in [2.05, 4.69) is 6.58 Å². The number of hydrogen-bond acceptors (Lipinski definition) is 4. The number of unbranched alkanes of at least 4 members (excludes halogenated alkanes) is 3. The normalized spacial score (nSPS) is 9.61. The molecular weight excluding hydrogens is 320 g/mol. The minimum absolute atomic E-state index is 0. The average Bonchev–Trinajstić information content (AvgIpc) is 2.50. The Morgan fingerprint density at radius 2 is 1.61 bits per heavy atom. The first-order valence-electron chi connectivity index (χ1n) is 7.29. The number of aromatic carboxylic acids is 1. The number of rotatable bonds is 10. The lowest BCUT2D eigenvalue weighted by Crippen LogP contribution is -2.06. The van der Waals surface area contributed by atoms with E-state index in [0.717, 1.165) is 25.7 Å². The number of carboxylic acid groups (broad SMARTS) is 1. The quantitative estimate of drug-likeness (QED) is 0.397. The Morgan fingerprint density at radius 3 is 2.13 bits per heavy atom. The molecule has 0 aliphatic carbocycles. The van der Waals surface area contributed by atoms with Gasteiger partial charge in [-0.3, -0.25) is 0 Å². The third kappa shape index (κ3) is 8.88. The molecule has 0 aromatic heterocycles. The van der Waals surface area contributed by atoms with Crippen LogP contribution in [0.3, 0.4) is 0 Å². The Kier molecular flexibility index (Phi) is 10.5. The van der Waals surface area contributed by atoms with Crippen molar-refractivity contribution in [2.24, 2.45) is 0 Å². The molecule has 0 unspecified atom stereocenters. The summed E-state index contributed by atoms with van der Waals surface area (Å²) in [6, 6.07) is 6.35. The topological polar surface area (TPSA) is 72.8 Å². The standard InChI is InChI=1S/C17H22O5.ClH/c1-13(2)17(20)22-12-6-4-3-5-11-21-15-9-7-14(8-10-15)16(18)19;/h7-10H,1,3-6,11-12H2,2H3,(H,18,19);1H. The molecule has 0 bridgehead atoms. The summed E-state index contributed by atoms with van der Waals surface area (Å²) >= 11 is 0. The maximum absolute atomic E-state index is 11.1. The van der Waals surface area contributed by atoms with E-state index < -0.39 is 5.97 Å². The van der Waals surface area contributed by atoms with Crippen LogP contribution < -0.4 is 4.74 Å². The highest BCUT2D eigenvalue weighted by Gasteiger charge is 2.03. The van der Waals surface area contributed by atoms with Gasteiger partial charge in [-0.1, -0.05) is 6.58 Å². The van der Waals surface area contributed by atoms with Crippen LogP contribution in [0.5, 0.6) is 5.75 Å². The minimum atomic E-state index is -0.945. The molecule has 23 heavy (non-hydrogen) atoms. The summed E-state index contributed by atoms with van der Waals surface area (Å²) < 4.78 is 10.5. The summed E-state index contributed by atoms with van der Waals surface area (Å²) in [5.41, 5.74) is 0.666. The number of benzene rings is 1. The van der Waals surface area contributed by atoms with Crippen molar-refractivity contribution >= 4 is 24.3 Å². The zero-order valence-corrected chi connectivity index (χ0v) is 14.1. The number of carbonyl (C=O) groups is 2. The van der Waals surface area contributed by atoms with E-state index in [-0.39, 0.29) is 23.9 Å². The van der Waals surface area contributed by atoms with Crippen LogP contribution in [-0.2, 0) is 9.53 Å². The van der Waals surface area contributed by atoms with Gasteiger partial charge in [0, 0.05) is 5.57 Å². The smallest absolute Gasteiger partial charge is 0.335 e. The SMILES string of the molecule is C=C(C)C(=O)OCCCCCCOc1ccc(C(=O)O)cc1.Cl. The Morgan fingerprint density at radius 1 is 1.04 bits per heavy atom. The molecule has 0 atom stereocenters. The fourth-order valence-electron chi connectivity index (χ4n) is 1.73. The maximum atomic E-state index is 11.1. The van der Waals surface area contributed by atoms with Crippen molar-refractivity contribution in [3.8, 4) is 5.75 Å². The van der Waals surface area contributed by atoms with Gasteiger partial charge in [0.2, 0.25) is 0 Å². The molecule has 0 aliphatic rings. The minimum Gasteiger partial charge on any atom is -0.494 e. The van der Waals surface area contributed by atoms with E-state index in [1.807, 2.05) is 0 Å². The van der Waals surface area contributed by atoms with Crippen LogP contribution in [0.4, 0.5) is 0 Å². The molecule has 6 heteroatoms. The zero-order chi connectivity index (χ0) is 16.4. The first-order valence-corrected chi connectivity index (χ1v) is 7.29. The molecule has 0 saturated heterocycles. The fraction of sp³-hybridized carbons (Fsp3) is 0.412. The largest absolute Gasteiger partial charge is 0.494 e. The number of carboxylic acids is 1. The van der Waals surface area contributed by atoms with Gasteiger partial charge in [-0.05, 0) is 56.9 Å². The van der Waals surface area contributed by atoms with Gasteiger partial charge in [-0.25, -0.2) is 9.59 Å². The van der Waals surface area contributed by atoms with Gasteiger partial charge in [0.15, 0.2) is 0 Å². The predicted molar refractivity (Wildman–Crippen MR) is 90.4 cm³/mol. The molecule has 1 rings (SSSR count). The Hall–Kier alpha value is -2.01. The molecular formula is C17H23ClO5. The van der Waals surface area contributed by atoms with Gasteiger partial charge in [0.05, 0.1) is 18.8 Å². The first-order chi connectivity index (χ1) is 10.5. The highest BCUT2D eigenvalue weighted by molar-refractivity contribution is 5.87. The van der Waals surface area contributed by atoms with Crippen molar-refractivity contribution in [3.63, 3.8) is 0 Å². The summed E-state index contributed by atoms with van der Waals surface area (Å²) in [4.78, 5) is 21.8. The number of halogens is 1. The second kappa shape index (κ2) is 11.5. The third-order valence-corrected chi connectivity index (χ3v) is 2.99. The molecule has 0 radical (unpaired) electrons. The molecule has 0 heterocycles. The molecule has 1 aromatic rings. The van der Waals surface area contributed by atoms with Gasteiger partial charge in [0.1, 0.15) is 5.75 Å². The van der Waals surface area contributed by atoms with Gasteiger partial charge in [-0.15, -0.1) is 12.4 Å². The van der Waals surface area contributed by atoms with Crippen LogP contribution in [0.2, 0.25) is 0 Å². The average molecular weight is 343 g/mol. The summed E-state index contributed by atoms with van der Waals surface area (Å²) in [6.45, 7) is 6.14.